The lowest BCUT2D eigenvalue weighted by molar-refractivity contribution is -0.121. The van der Waals surface area contributed by atoms with Crippen LogP contribution in [0.4, 0.5) is 0 Å². The van der Waals surface area contributed by atoms with Crippen LogP contribution in [0, 0.1) is 5.92 Å². The number of hydrogen-bond donors (Lipinski definition) is 2. The highest BCUT2D eigenvalue weighted by Crippen LogP contribution is 2.36. The van der Waals surface area contributed by atoms with Crippen molar-refractivity contribution >= 4 is 34.4 Å². The van der Waals surface area contributed by atoms with E-state index in [2.05, 4.69) is 12.2 Å². The monoisotopic (exact) mass is 479 g/mol. The molecule has 7 nitrogen and oxygen atoms in total. The molecular weight excluding hydrogens is 446 g/mol. The molecule has 8 heteroatoms. The summed E-state index contributed by atoms with van der Waals surface area (Å²) < 4.78 is 17.5. The van der Waals surface area contributed by atoms with Crippen LogP contribution in [-0.4, -0.2) is 49.2 Å². The SMILES string of the molecule is COc1cc(CCC(=O)NCCO)cc2c(C(=O)OC3CCC(C)CC3)c(CCCCl)oc12. The third-order valence-electron chi connectivity index (χ3n) is 6.16. The number of nitrogens with one attached hydrogen (secondary N) is 1. The van der Waals surface area contributed by atoms with Gasteiger partial charge in [-0.2, -0.15) is 0 Å². The quantitative estimate of drug-likeness (QED) is 0.366. The standard InChI is InChI=1S/C25H34ClNO6/c1-16-5-8-18(9-6-16)32-25(30)23-19-14-17(7-10-22(29)27-12-13-28)15-21(31-2)24(19)33-20(23)4-3-11-26/h14-16,18,28H,3-13H2,1-2H3,(H,27,29). The Balaban J connectivity index is 1.90. The molecular formula is C25H34ClNO6. The van der Waals surface area contributed by atoms with E-state index in [4.69, 9.17) is 30.6 Å². The van der Waals surface area contributed by atoms with E-state index in [9.17, 15) is 9.59 Å². The molecule has 2 aromatic rings. The number of alkyl halides is 1. The molecule has 33 heavy (non-hydrogen) atoms. The third kappa shape index (κ3) is 6.64. The Labute approximate surface area is 199 Å². The van der Waals surface area contributed by atoms with Crippen LogP contribution < -0.4 is 10.1 Å². The predicted octanol–water partition coefficient (Wildman–Crippen LogP) is 4.39. The lowest BCUT2D eigenvalue weighted by Gasteiger charge is -2.26. The third-order valence-corrected chi connectivity index (χ3v) is 6.43. The molecule has 2 N–H and O–H groups in total. The summed E-state index contributed by atoms with van der Waals surface area (Å²) in [7, 11) is 1.55. The molecule has 1 aromatic heterocycles. The summed E-state index contributed by atoms with van der Waals surface area (Å²) in [5, 5.41) is 12.2. The number of carbonyl (C=O) groups excluding carboxylic acids is 2. The first-order valence-corrected chi connectivity index (χ1v) is 12.3. The van der Waals surface area contributed by atoms with Gasteiger partial charge in [0.1, 0.15) is 17.4 Å². The van der Waals surface area contributed by atoms with Crippen LogP contribution in [-0.2, 0) is 22.4 Å². The Morgan fingerprint density at radius 2 is 1.97 bits per heavy atom. The van der Waals surface area contributed by atoms with E-state index in [0.29, 0.717) is 59.1 Å². The number of amides is 1. The number of rotatable bonds is 11. The molecule has 1 heterocycles. The van der Waals surface area contributed by atoms with Crippen molar-refractivity contribution in [1.82, 2.24) is 5.32 Å². The highest BCUT2D eigenvalue weighted by Gasteiger charge is 2.28. The van der Waals surface area contributed by atoms with Crippen molar-refractivity contribution in [3.8, 4) is 5.75 Å². The maximum Gasteiger partial charge on any atom is 0.342 e. The van der Waals surface area contributed by atoms with Crippen LogP contribution in [0.15, 0.2) is 16.5 Å². The van der Waals surface area contributed by atoms with Crippen molar-refractivity contribution in [3.63, 3.8) is 0 Å². The molecule has 1 aromatic carbocycles. The minimum absolute atomic E-state index is 0.0835. The van der Waals surface area contributed by atoms with Gasteiger partial charge in [-0.15, -0.1) is 11.6 Å². The number of aliphatic hydroxyl groups is 1. The normalized spacial score (nSPS) is 18.3. The summed E-state index contributed by atoms with van der Waals surface area (Å²) in [6, 6.07) is 3.71. The molecule has 0 atom stereocenters. The van der Waals surface area contributed by atoms with Crippen LogP contribution in [0.5, 0.6) is 5.75 Å². The van der Waals surface area contributed by atoms with Gasteiger partial charge in [0.2, 0.25) is 5.91 Å². The largest absolute Gasteiger partial charge is 0.493 e. The van der Waals surface area contributed by atoms with Gasteiger partial charge in [0.05, 0.1) is 13.7 Å². The average molecular weight is 480 g/mol. The number of aliphatic hydroxyl groups excluding tert-OH is 1. The second-order valence-electron chi connectivity index (χ2n) is 8.73. The minimum Gasteiger partial charge on any atom is -0.493 e. The summed E-state index contributed by atoms with van der Waals surface area (Å²) >= 11 is 5.91. The zero-order chi connectivity index (χ0) is 23.8. The van der Waals surface area contributed by atoms with Crippen molar-refractivity contribution in [2.75, 3.05) is 26.1 Å². The molecule has 182 valence electrons. The van der Waals surface area contributed by atoms with Crippen LogP contribution >= 0.6 is 11.6 Å². The second-order valence-corrected chi connectivity index (χ2v) is 9.11. The van der Waals surface area contributed by atoms with E-state index in [1.807, 2.05) is 12.1 Å². The van der Waals surface area contributed by atoms with Crippen molar-refractivity contribution in [2.24, 2.45) is 5.92 Å². The molecule has 0 saturated heterocycles. The van der Waals surface area contributed by atoms with E-state index in [-0.39, 0.29) is 37.6 Å². The molecule has 1 saturated carbocycles. The van der Waals surface area contributed by atoms with E-state index in [0.717, 1.165) is 31.2 Å². The van der Waals surface area contributed by atoms with Crippen LogP contribution in [0.25, 0.3) is 11.0 Å². The zero-order valence-electron chi connectivity index (χ0n) is 19.5. The number of fused-ring (bicyclic) bond motifs is 1. The van der Waals surface area contributed by atoms with Crippen molar-refractivity contribution in [3.05, 3.63) is 29.0 Å². The fourth-order valence-corrected chi connectivity index (χ4v) is 4.43. The maximum absolute atomic E-state index is 13.3. The maximum atomic E-state index is 13.3. The summed E-state index contributed by atoms with van der Waals surface area (Å²) in [5.74, 6) is 1.65. The molecule has 0 bridgehead atoms. The van der Waals surface area contributed by atoms with Gasteiger partial charge in [-0.05, 0) is 62.1 Å². The van der Waals surface area contributed by atoms with Gasteiger partial charge < -0.3 is 24.3 Å². The number of hydrogen-bond acceptors (Lipinski definition) is 6. The summed E-state index contributed by atoms with van der Waals surface area (Å²) in [6.45, 7) is 2.35. The minimum atomic E-state index is -0.377. The zero-order valence-corrected chi connectivity index (χ0v) is 20.2. The second kappa shape index (κ2) is 12.3. The molecule has 0 unspecified atom stereocenters. The smallest absolute Gasteiger partial charge is 0.342 e. The van der Waals surface area contributed by atoms with Crippen LogP contribution in [0.1, 0.15) is 67.1 Å². The molecule has 0 aliphatic heterocycles. The van der Waals surface area contributed by atoms with Crippen molar-refractivity contribution in [1.29, 1.82) is 0 Å². The van der Waals surface area contributed by atoms with Crippen LogP contribution in [0.2, 0.25) is 0 Å². The fraction of sp³-hybridized carbons (Fsp3) is 0.600. The number of aryl methyl sites for hydroxylation is 2. The molecule has 0 radical (unpaired) electrons. The first-order valence-electron chi connectivity index (χ1n) is 11.7. The summed E-state index contributed by atoms with van der Waals surface area (Å²) in [4.78, 5) is 25.3. The highest BCUT2D eigenvalue weighted by atomic mass is 35.5. The van der Waals surface area contributed by atoms with E-state index in [1.54, 1.807) is 7.11 Å². The number of methoxy groups -OCH3 is 1. The van der Waals surface area contributed by atoms with Crippen molar-refractivity contribution in [2.45, 2.75) is 64.4 Å². The number of furan rings is 1. The van der Waals surface area contributed by atoms with Crippen LogP contribution in [0.3, 0.4) is 0 Å². The molecule has 3 rings (SSSR count). The topological polar surface area (TPSA) is 98.0 Å². The number of halogens is 1. The average Bonchev–Trinajstić information content (AvgIpc) is 3.19. The Morgan fingerprint density at radius 3 is 2.64 bits per heavy atom. The summed E-state index contributed by atoms with van der Waals surface area (Å²) in [5.41, 5.74) is 1.78. The molecule has 1 aliphatic carbocycles. The summed E-state index contributed by atoms with van der Waals surface area (Å²) in [6.07, 6.45) is 5.68. The Hall–Kier alpha value is -2.25. The lowest BCUT2D eigenvalue weighted by Crippen LogP contribution is -2.26. The Morgan fingerprint density at radius 1 is 1.21 bits per heavy atom. The Kier molecular flexibility index (Phi) is 9.44. The van der Waals surface area contributed by atoms with Gasteiger partial charge in [0.15, 0.2) is 11.3 Å². The first-order chi connectivity index (χ1) is 16.0. The van der Waals surface area contributed by atoms with E-state index < -0.39 is 0 Å². The van der Waals surface area contributed by atoms with Gasteiger partial charge in [0.25, 0.3) is 0 Å². The van der Waals surface area contributed by atoms with Gasteiger partial charge in [0, 0.05) is 30.7 Å². The van der Waals surface area contributed by atoms with Gasteiger partial charge >= 0.3 is 5.97 Å². The van der Waals surface area contributed by atoms with E-state index in [1.165, 1.54) is 0 Å². The number of esters is 1. The number of ether oxygens (including phenoxy) is 2. The van der Waals surface area contributed by atoms with Crippen molar-refractivity contribution < 1.29 is 28.6 Å². The van der Waals surface area contributed by atoms with Gasteiger partial charge in [-0.25, -0.2) is 4.79 Å². The van der Waals surface area contributed by atoms with Gasteiger partial charge in [-0.1, -0.05) is 6.92 Å². The highest BCUT2D eigenvalue weighted by molar-refractivity contribution is 6.17. The molecule has 1 fully saturated rings. The Bertz CT molecular complexity index is 948. The number of carbonyl (C=O) groups is 2. The fourth-order valence-electron chi connectivity index (χ4n) is 4.30. The lowest BCUT2D eigenvalue weighted by atomic mass is 9.89. The molecule has 0 spiro atoms. The number of benzene rings is 1. The molecule has 1 aliphatic rings. The predicted molar refractivity (Wildman–Crippen MR) is 127 cm³/mol. The first kappa shape index (κ1) is 25.4. The van der Waals surface area contributed by atoms with E-state index >= 15 is 0 Å². The molecule has 1 amide bonds. The van der Waals surface area contributed by atoms with Gasteiger partial charge in [-0.3, -0.25) is 4.79 Å².